The van der Waals surface area contributed by atoms with Crippen LogP contribution in [0.4, 0.5) is 0 Å². The smallest absolute Gasteiger partial charge is 0.0625 e. The quantitative estimate of drug-likeness (QED) is 0.199. The van der Waals surface area contributed by atoms with Crippen LogP contribution in [0.1, 0.15) is 18.4 Å². The molecule has 0 N–H and O–H groups in total. The van der Waals surface area contributed by atoms with E-state index in [-0.39, 0.29) is 0 Å². The molecular formula is C40H27N. The van der Waals surface area contributed by atoms with Gasteiger partial charge in [0.05, 0.1) is 11.0 Å². The summed E-state index contributed by atoms with van der Waals surface area (Å²) >= 11 is 0. The number of rotatable bonds is 2. The predicted octanol–water partition coefficient (Wildman–Crippen LogP) is 11.1. The van der Waals surface area contributed by atoms with Crippen molar-refractivity contribution < 1.29 is 0 Å². The van der Waals surface area contributed by atoms with Crippen molar-refractivity contribution in [2.75, 3.05) is 0 Å². The summed E-state index contributed by atoms with van der Waals surface area (Å²) in [6.45, 7) is 0. The molecule has 1 aliphatic carbocycles. The number of benzene rings is 7. The van der Waals surface area contributed by atoms with Gasteiger partial charge >= 0.3 is 0 Å². The van der Waals surface area contributed by atoms with E-state index in [2.05, 4.69) is 144 Å². The Bertz CT molecular complexity index is 2410. The Kier molecular flexibility index (Phi) is 4.80. The van der Waals surface area contributed by atoms with E-state index in [0.717, 1.165) is 12.8 Å². The molecule has 1 aliphatic rings. The van der Waals surface area contributed by atoms with E-state index in [1.807, 2.05) is 0 Å². The van der Waals surface area contributed by atoms with Crippen LogP contribution in [0.15, 0.2) is 140 Å². The average molecular weight is 522 g/mol. The fourth-order valence-corrected chi connectivity index (χ4v) is 7.17. The van der Waals surface area contributed by atoms with Crippen LogP contribution in [0.2, 0.25) is 0 Å². The minimum Gasteiger partial charge on any atom is -0.309 e. The topological polar surface area (TPSA) is 4.93 Å². The molecule has 1 nitrogen and oxygen atoms in total. The largest absolute Gasteiger partial charge is 0.309 e. The number of hydrogen-bond donors (Lipinski definition) is 0. The maximum atomic E-state index is 2.53. The van der Waals surface area contributed by atoms with Gasteiger partial charge in [-0.05, 0) is 79.9 Å². The van der Waals surface area contributed by atoms with Crippen LogP contribution in [0.25, 0.3) is 76.2 Å². The fraction of sp³-hybridized carbons (Fsp3) is 0.0500. The summed E-state index contributed by atoms with van der Waals surface area (Å²) in [5, 5.41) is 13.1. The van der Waals surface area contributed by atoms with Crippen LogP contribution >= 0.6 is 0 Å². The average Bonchev–Trinajstić information content (AvgIpc) is 3.40. The SMILES string of the molecule is C1=C(c2ccc3ccccc3c2)CCC=C1n1c2ccccc2c2c3ccc4ccccc4c3c3ccccc3c21. The van der Waals surface area contributed by atoms with Crippen LogP contribution in [-0.2, 0) is 0 Å². The van der Waals surface area contributed by atoms with E-state index in [0.29, 0.717) is 0 Å². The molecule has 7 aromatic carbocycles. The summed E-state index contributed by atoms with van der Waals surface area (Å²) in [7, 11) is 0. The third-order valence-electron chi connectivity index (χ3n) is 8.99. The fourth-order valence-electron chi connectivity index (χ4n) is 7.17. The van der Waals surface area contributed by atoms with Crippen molar-refractivity contribution in [3.8, 4) is 0 Å². The second kappa shape index (κ2) is 8.68. The highest BCUT2D eigenvalue weighted by molar-refractivity contribution is 6.36. The highest BCUT2D eigenvalue weighted by Gasteiger charge is 2.21. The van der Waals surface area contributed by atoms with E-state index in [4.69, 9.17) is 0 Å². The highest BCUT2D eigenvalue weighted by Crippen LogP contribution is 2.45. The number of allylic oxidation sites excluding steroid dienone is 4. The van der Waals surface area contributed by atoms with E-state index in [1.54, 1.807) is 0 Å². The first-order valence-corrected chi connectivity index (χ1v) is 14.5. The van der Waals surface area contributed by atoms with Crippen molar-refractivity contribution >= 4 is 76.2 Å². The third-order valence-corrected chi connectivity index (χ3v) is 8.99. The number of hydrogen-bond acceptors (Lipinski definition) is 0. The lowest BCUT2D eigenvalue weighted by Crippen LogP contribution is -2.00. The molecule has 0 radical (unpaired) electrons. The van der Waals surface area contributed by atoms with Crippen molar-refractivity contribution in [2.45, 2.75) is 12.8 Å². The lowest BCUT2D eigenvalue weighted by atomic mass is 9.92. The predicted molar refractivity (Wildman–Crippen MR) is 177 cm³/mol. The van der Waals surface area contributed by atoms with Crippen molar-refractivity contribution in [3.63, 3.8) is 0 Å². The van der Waals surface area contributed by atoms with Gasteiger partial charge < -0.3 is 4.57 Å². The van der Waals surface area contributed by atoms with Gasteiger partial charge in [-0.25, -0.2) is 0 Å². The van der Waals surface area contributed by atoms with Crippen LogP contribution in [0.5, 0.6) is 0 Å². The van der Waals surface area contributed by atoms with Gasteiger partial charge in [0.1, 0.15) is 0 Å². The Morgan fingerprint density at radius 3 is 2.05 bits per heavy atom. The first-order chi connectivity index (χ1) is 20.3. The van der Waals surface area contributed by atoms with Gasteiger partial charge in [0.25, 0.3) is 0 Å². The number of fused-ring (bicyclic) bond motifs is 11. The van der Waals surface area contributed by atoms with Gasteiger partial charge in [0, 0.05) is 21.9 Å². The van der Waals surface area contributed by atoms with E-state index in [1.165, 1.54) is 81.7 Å². The minimum atomic E-state index is 1.03. The molecule has 192 valence electrons. The molecule has 8 aromatic rings. The van der Waals surface area contributed by atoms with Crippen LogP contribution < -0.4 is 0 Å². The van der Waals surface area contributed by atoms with Crippen molar-refractivity contribution in [2.24, 2.45) is 0 Å². The number of nitrogens with zero attached hydrogens (tertiary/aromatic N) is 1. The molecule has 1 heterocycles. The van der Waals surface area contributed by atoms with Crippen molar-refractivity contribution in [1.29, 1.82) is 0 Å². The lowest BCUT2D eigenvalue weighted by molar-refractivity contribution is 1.04. The van der Waals surface area contributed by atoms with E-state index in [9.17, 15) is 0 Å². The maximum Gasteiger partial charge on any atom is 0.0625 e. The van der Waals surface area contributed by atoms with Gasteiger partial charge in [-0.15, -0.1) is 0 Å². The molecule has 0 amide bonds. The highest BCUT2D eigenvalue weighted by atomic mass is 15.0. The summed E-state index contributed by atoms with van der Waals surface area (Å²) in [5.41, 5.74) is 6.53. The van der Waals surface area contributed by atoms with Crippen LogP contribution in [0, 0.1) is 0 Å². The molecule has 0 unspecified atom stereocenters. The zero-order valence-corrected chi connectivity index (χ0v) is 22.6. The standard InChI is InChI=1S/C40H27N/c1-2-12-28-24-30(21-20-26(28)10-1)29-13-9-14-31(25-29)41-37-19-8-7-18-35(37)39-36-23-22-27-11-3-4-15-32(27)38(36)33-16-5-6-17-34(33)40(39)41/h1-8,10-12,14-25H,9,13H2. The zero-order valence-electron chi connectivity index (χ0n) is 22.6. The first-order valence-electron chi connectivity index (χ1n) is 14.5. The van der Waals surface area contributed by atoms with Crippen molar-refractivity contribution in [1.82, 2.24) is 4.57 Å². The van der Waals surface area contributed by atoms with Gasteiger partial charge in [0.2, 0.25) is 0 Å². The molecule has 0 saturated heterocycles. The molecular weight excluding hydrogens is 494 g/mol. The Labute approximate surface area is 238 Å². The lowest BCUT2D eigenvalue weighted by Gasteiger charge is -2.19. The molecule has 0 aliphatic heterocycles. The van der Waals surface area contributed by atoms with E-state index >= 15 is 0 Å². The molecule has 41 heavy (non-hydrogen) atoms. The van der Waals surface area contributed by atoms with Crippen LogP contribution in [-0.4, -0.2) is 4.57 Å². The molecule has 0 saturated carbocycles. The monoisotopic (exact) mass is 521 g/mol. The molecule has 0 bridgehead atoms. The first kappa shape index (κ1) is 22.7. The van der Waals surface area contributed by atoms with Crippen molar-refractivity contribution in [3.05, 3.63) is 145 Å². The summed E-state index contributed by atoms with van der Waals surface area (Å²) < 4.78 is 2.53. The van der Waals surface area contributed by atoms with Gasteiger partial charge in [-0.1, -0.05) is 121 Å². The van der Waals surface area contributed by atoms with Crippen LogP contribution in [0.3, 0.4) is 0 Å². The molecule has 0 fully saturated rings. The maximum absolute atomic E-state index is 2.53. The van der Waals surface area contributed by atoms with Gasteiger partial charge in [0.15, 0.2) is 0 Å². The normalized spacial score (nSPS) is 14.0. The summed E-state index contributed by atoms with van der Waals surface area (Å²) in [5.74, 6) is 0. The Balaban J connectivity index is 1.39. The zero-order chi connectivity index (χ0) is 26.9. The molecule has 9 rings (SSSR count). The Morgan fingerprint density at radius 2 is 1.17 bits per heavy atom. The Morgan fingerprint density at radius 1 is 0.488 bits per heavy atom. The molecule has 0 atom stereocenters. The molecule has 0 spiro atoms. The molecule has 1 heteroatoms. The minimum absolute atomic E-state index is 1.03. The van der Waals surface area contributed by atoms with E-state index < -0.39 is 0 Å². The third kappa shape index (κ3) is 3.30. The van der Waals surface area contributed by atoms with Gasteiger partial charge in [-0.2, -0.15) is 0 Å². The summed E-state index contributed by atoms with van der Waals surface area (Å²) in [4.78, 5) is 0. The number of para-hydroxylation sites is 1. The van der Waals surface area contributed by atoms with Gasteiger partial charge in [-0.3, -0.25) is 0 Å². The summed E-state index contributed by atoms with van der Waals surface area (Å²) in [6, 6.07) is 46.9. The summed E-state index contributed by atoms with van der Waals surface area (Å²) in [6.07, 6.45) is 6.93. The Hall–Kier alpha value is -5.14. The second-order valence-corrected chi connectivity index (χ2v) is 11.2. The molecule has 1 aromatic heterocycles. The second-order valence-electron chi connectivity index (χ2n) is 11.2. The number of aromatic nitrogens is 1.